The van der Waals surface area contributed by atoms with E-state index in [1.54, 1.807) is 18.3 Å². The number of nitrogens with zero attached hydrogens (tertiary/aromatic N) is 2. The molecule has 1 fully saturated rings. The standard InChI is InChI=1S/C17H15N3O4/c21-15-11-24-17(23)20(15)10-14(12-5-2-1-3-6-12)19-16(22)13-7-4-8-18-9-13/h1-9,14H,10-11H2,(H,19,22). The van der Waals surface area contributed by atoms with Crippen molar-refractivity contribution in [2.45, 2.75) is 6.04 Å². The molecule has 1 aromatic carbocycles. The lowest BCUT2D eigenvalue weighted by molar-refractivity contribution is -0.126. The Labute approximate surface area is 138 Å². The predicted molar refractivity (Wildman–Crippen MR) is 83.9 cm³/mol. The van der Waals surface area contributed by atoms with E-state index in [2.05, 4.69) is 10.3 Å². The summed E-state index contributed by atoms with van der Waals surface area (Å²) in [6.07, 6.45) is 2.33. The second kappa shape index (κ2) is 6.91. The molecule has 2 heterocycles. The second-order valence-electron chi connectivity index (χ2n) is 5.24. The van der Waals surface area contributed by atoms with Crippen molar-refractivity contribution in [2.75, 3.05) is 13.2 Å². The number of pyridine rings is 1. The van der Waals surface area contributed by atoms with Crippen molar-refractivity contribution in [1.82, 2.24) is 15.2 Å². The molecule has 3 rings (SSSR count). The van der Waals surface area contributed by atoms with Gasteiger partial charge in [-0.05, 0) is 17.7 Å². The Balaban J connectivity index is 1.81. The number of amides is 3. The van der Waals surface area contributed by atoms with Crippen molar-refractivity contribution in [2.24, 2.45) is 0 Å². The molecule has 122 valence electrons. The van der Waals surface area contributed by atoms with Crippen LogP contribution in [0.1, 0.15) is 22.0 Å². The van der Waals surface area contributed by atoms with Gasteiger partial charge in [-0.1, -0.05) is 30.3 Å². The van der Waals surface area contributed by atoms with Gasteiger partial charge in [0.05, 0.1) is 18.2 Å². The van der Waals surface area contributed by atoms with Crippen LogP contribution in [0.5, 0.6) is 0 Å². The monoisotopic (exact) mass is 325 g/mol. The average Bonchev–Trinajstić information content (AvgIpc) is 2.94. The second-order valence-corrected chi connectivity index (χ2v) is 5.24. The Morgan fingerprint density at radius 3 is 2.62 bits per heavy atom. The largest absolute Gasteiger partial charge is 0.439 e. The molecule has 0 radical (unpaired) electrons. The summed E-state index contributed by atoms with van der Waals surface area (Å²) in [5.74, 6) is -0.756. The maximum Gasteiger partial charge on any atom is 0.417 e. The van der Waals surface area contributed by atoms with Crippen molar-refractivity contribution >= 4 is 17.9 Å². The number of benzene rings is 1. The molecule has 1 unspecified atom stereocenters. The van der Waals surface area contributed by atoms with Crippen molar-refractivity contribution in [1.29, 1.82) is 0 Å². The van der Waals surface area contributed by atoms with Gasteiger partial charge in [0.1, 0.15) is 0 Å². The fraction of sp³-hybridized carbons (Fsp3) is 0.176. The Morgan fingerprint density at radius 1 is 1.21 bits per heavy atom. The summed E-state index contributed by atoms with van der Waals surface area (Å²) in [5, 5.41) is 2.84. The molecule has 2 aromatic rings. The third-order valence-electron chi connectivity index (χ3n) is 3.64. The normalized spacial score (nSPS) is 15.1. The van der Waals surface area contributed by atoms with E-state index in [0.29, 0.717) is 5.56 Å². The van der Waals surface area contributed by atoms with E-state index < -0.39 is 18.0 Å². The zero-order valence-electron chi connectivity index (χ0n) is 12.7. The van der Waals surface area contributed by atoms with Crippen LogP contribution in [0.4, 0.5) is 4.79 Å². The van der Waals surface area contributed by atoms with Crippen LogP contribution in [0.25, 0.3) is 0 Å². The van der Waals surface area contributed by atoms with Crippen LogP contribution < -0.4 is 5.32 Å². The molecule has 7 nitrogen and oxygen atoms in total. The fourth-order valence-corrected chi connectivity index (χ4v) is 2.40. The molecule has 1 aliphatic rings. The number of nitrogens with one attached hydrogen (secondary N) is 1. The Hall–Kier alpha value is -3.22. The molecule has 0 spiro atoms. The summed E-state index contributed by atoms with van der Waals surface area (Å²) >= 11 is 0. The molecule has 1 N–H and O–H groups in total. The fourth-order valence-electron chi connectivity index (χ4n) is 2.40. The van der Waals surface area contributed by atoms with Crippen LogP contribution in [0, 0.1) is 0 Å². The minimum atomic E-state index is -0.698. The predicted octanol–water partition coefficient (Wildman–Crippen LogP) is 1.53. The maximum absolute atomic E-state index is 12.4. The van der Waals surface area contributed by atoms with Gasteiger partial charge in [0.25, 0.3) is 11.8 Å². The summed E-state index contributed by atoms with van der Waals surface area (Å²) in [7, 11) is 0. The van der Waals surface area contributed by atoms with Crippen molar-refractivity contribution in [3.63, 3.8) is 0 Å². The van der Waals surface area contributed by atoms with E-state index in [1.165, 1.54) is 6.20 Å². The van der Waals surface area contributed by atoms with Crippen LogP contribution >= 0.6 is 0 Å². The van der Waals surface area contributed by atoms with E-state index in [1.807, 2.05) is 30.3 Å². The van der Waals surface area contributed by atoms with Gasteiger partial charge < -0.3 is 10.1 Å². The van der Waals surface area contributed by atoms with Gasteiger partial charge in [0.15, 0.2) is 6.61 Å². The minimum Gasteiger partial charge on any atom is -0.439 e. The van der Waals surface area contributed by atoms with Crippen LogP contribution in [0.3, 0.4) is 0 Å². The molecule has 0 saturated carbocycles. The Kier molecular flexibility index (Phi) is 4.51. The van der Waals surface area contributed by atoms with Crippen molar-refractivity contribution in [3.8, 4) is 0 Å². The summed E-state index contributed by atoms with van der Waals surface area (Å²) < 4.78 is 4.72. The summed E-state index contributed by atoms with van der Waals surface area (Å²) in [6.45, 7) is -0.259. The van der Waals surface area contributed by atoms with Gasteiger partial charge in [-0.3, -0.25) is 14.6 Å². The number of hydrogen-bond acceptors (Lipinski definition) is 5. The number of carbonyl (C=O) groups excluding carboxylic acids is 3. The molecule has 0 aliphatic carbocycles. The first-order valence-electron chi connectivity index (χ1n) is 7.38. The molecule has 1 saturated heterocycles. The number of rotatable bonds is 5. The van der Waals surface area contributed by atoms with Crippen LogP contribution in [-0.4, -0.2) is 40.9 Å². The van der Waals surface area contributed by atoms with Gasteiger partial charge >= 0.3 is 6.09 Å². The van der Waals surface area contributed by atoms with Crippen molar-refractivity contribution in [3.05, 3.63) is 66.0 Å². The molecule has 24 heavy (non-hydrogen) atoms. The van der Waals surface area contributed by atoms with Crippen LogP contribution in [0.2, 0.25) is 0 Å². The van der Waals surface area contributed by atoms with E-state index in [0.717, 1.165) is 10.5 Å². The van der Waals surface area contributed by atoms with Crippen molar-refractivity contribution < 1.29 is 19.1 Å². The van der Waals surface area contributed by atoms with Gasteiger partial charge in [-0.2, -0.15) is 0 Å². The minimum absolute atomic E-state index is 0.00762. The highest BCUT2D eigenvalue weighted by Crippen LogP contribution is 2.18. The van der Waals surface area contributed by atoms with E-state index in [9.17, 15) is 14.4 Å². The molecule has 0 bridgehead atoms. The first-order valence-corrected chi connectivity index (χ1v) is 7.38. The highest BCUT2D eigenvalue weighted by atomic mass is 16.6. The average molecular weight is 325 g/mol. The van der Waals surface area contributed by atoms with Gasteiger partial charge in [-0.15, -0.1) is 0 Å². The quantitative estimate of drug-likeness (QED) is 0.900. The third kappa shape index (κ3) is 3.40. The smallest absolute Gasteiger partial charge is 0.417 e. The molecular weight excluding hydrogens is 310 g/mol. The van der Waals surface area contributed by atoms with E-state index in [-0.39, 0.29) is 19.1 Å². The highest BCUT2D eigenvalue weighted by molar-refractivity contribution is 5.98. The number of aromatic nitrogens is 1. The topological polar surface area (TPSA) is 88.6 Å². The molecule has 1 aliphatic heterocycles. The summed E-state index contributed by atoms with van der Waals surface area (Å²) in [6, 6.07) is 11.9. The van der Waals surface area contributed by atoms with Gasteiger partial charge in [0.2, 0.25) is 0 Å². The highest BCUT2D eigenvalue weighted by Gasteiger charge is 2.33. The van der Waals surface area contributed by atoms with Gasteiger partial charge in [-0.25, -0.2) is 9.69 Å². The number of imide groups is 1. The molecule has 1 atom stereocenters. The molecule has 1 aromatic heterocycles. The lowest BCUT2D eigenvalue weighted by atomic mass is 10.1. The lowest BCUT2D eigenvalue weighted by Crippen LogP contribution is -2.40. The molecular formula is C17H15N3O4. The van der Waals surface area contributed by atoms with E-state index in [4.69, 9.17) is 4.74 Å². The summed E-state index contributed by atoms with van der Waals surface area (Å²) in [5.41, 5.74) is 1.18. The Morgan fingerprint density at radius 2 is 2.00 bits per heavy atom. The van der Waals surface area contributed by atoms with Gasteiger partial charge in [0, 0.05) is 12.4 Å². The number of cyclic esters (lactones) is 1. The first-order chi connectivity index (χ1) is 11.6. The van der Waals surface area contributed by atoms with E-state index >= 15 is 0 Å². The van der Waals surface area contributed by atoms with Crippen LogP contribution in [0.15, 0.2) is 54.9 Å². The third-order valence-corrected chi connectivity index (χ3v) is 3.64. The first kappa shape index (κ1) is 15.7. The number of carbonyl (C=O) groups is 3. The van der Waals surface area contributed by atoms with Crippen LogP contribution in [-0.2, 0) is 9.53 Å². The zero-order chi connectivity index (χ0) is 16.9. The lowest BCUT2D eigenvalue weighted by Gasteiger charge is -2.22. The number of hydrogen-bond donors (Lipinski definition) is 1. The number of ether oxygens (including phenoxy) is 1. The maximum atomic E-state index is 12.4. The zero-order valence-corrected chi connectivity index (χ0v) is 12.7. The molecule has 7 heteroatoms. The Bertz CT molecular complexity index is 733. The SMILES string of the molecule is O=C(NC(CN1C(=O)COC1=O)c1ccccc1)c1cccnc1. The summed E-state index contributed by atoms with van der Waals surface area (Å²) in [4.78, 5) is 40.7. The molecule has 3 amide bonds.